The highest BCUT2D eigenvalue weighted by Gasteiger charge is 2.18. The van der Waals surface area contributed by atoms with Gasteiger partial charge in [-0.1, -0.05) is 6.92 Å². The van der Waals surface area contributed by atoms with E-state index in [4.69, 9.17) is 0 Å². The molecule has 0 aliphatic carbocycles. The third-order valence-corrected chi connectivity index (χ3v) is 2.94. The average molecular weight is 273 g/mol. The van der Waals surface area contributed by atoms with Crippen molar-refractivity contribution < 1.29 is 0 Å². The second kappa shape index (κ2) is 5.66. The minimum Gasteiger partial charge on any atom is -0.305 e. The van der Waals surface area contributed by atoms with Crippen LogP contribution in [-0.4, -0.2) is 36.0 Å². The molecule has 1 atom stereocenters. The second-order valence-corrected chi connectivity index (χ2v) is 4.21. The van der Waals surface area contributed by atoms with Crippen molar-refractivity contribution in [3.63, 3.8) is 0 Å². The Balaban J connectivity index is 0.000000810. The Morgan fingerprint density at radius 2 is 2.30 bits per heavy atom. The summed E-state index contributed by atoms with van der Waals surface area (Å²) in [7, 11) is 2.20. The van der Waals surface area contributed by atoms with Gasteiger partial charge >= 0.3 is 0 Å². The van der Waals surface area contributed by atoms with E-state index in [2.05, 4.69) is 30.6 Å². The number of halogens is 1. The second-order valence-electron chi connectivity index (χ2n) is 2.63. The average Bonchev–Trinajstić information content (AvgIpc) is 2.17. The molecule has 0 amide bonds. The zero-order chi connectivity index (χ0) is 6.69. The maximum atomic E-state index is 2.41. The number of hydrogen-bond donors (Lipinski definition) is 0. The van der Waals surface area contributed by atoms with Gasteiger partial charge in [0.15, 0.2) is 0 Å². The van der Waals surface area contributed by atoms with Crippen LogP contribution in [0.3, 0.4) is 0 Å². The zero-order valence-corrected chi connectivity index (χ0v) is 9.82. The molecule has 1 aliphatic rings. The molecule has 0 N–H and O–H groups in total. The van der Waals surface area contributed by atoms with Gasteiger partial charge in [0.25, 0.3) is 0 Å². The van der Waals surface area contributed by atoms with Crippen LogP contribution in [0.4, 0.5) is 0 Å². The van der Waals surface area contributed by atoms with Gasteiger partial charge in [-0.15, -0.1) is 24.0 Å². The fourth-order valence-corrected chi connectivity index (χ4v) is 2.37. The molecule has 1 rings (SSSR count). The van der Waals surface area contributed by atoms with Gasteiger partial charge in [0.05, 0.1) is 0 Å². The molecule has 0 aromatic heterocycles. The molecule has 0 aromatic rings. The highest BCUT2D eigenvalue weighted by Crippen LogP contribution is 2.20. The lowest BCUT2D eigenvalue weighted by molar-refractivity contribution is 0.419. The predicted molar refractivity (Wildman–Crippen MR) is 59.4 cm³/mol. The summed E-state index contributed by atoms with van der Waals surface area (Å²) < 4.78 is 0. The molecule has 1 heterocycles. The lowest BCUT2D eigenvalue weighted by atomic mass is 10.4. The highest BCUT2D eigenvalue weighted by atomic mass is 127. The van der Waals surface area contributed by atoms with Crippen LogP contribution in [0.5, 0.6) is 0 Å². The largest absolute Gasteiger partial charge is 0.305 e. The first-order valence-electron chi connectivity index (χ1n) is 3.63. The molecule has 0 aromatic carbocycles. The third kappa shape index (κ3) is 3.44. The van der Waals surface area contributed by atoms with E-state index in [0.29, 0.717) is 0 Å². The van der Waals surface area contributed by atoms with Crippen molar-refractivity contribution in [3.05, 3.63) is 0 Å². The number of nitrogens with zero attached hydrogens (tertiary/aromatic N) is 1. The molecular formula is C7H16INS. The van der Waals surface area contributed by atoms with Crippen molar-refractivity contribution >= 4 is 35.7 Å². The topological polar surface area (TPSA) is 3.24 Å². The van der Waals surface area contributed by atoms with Crippen molar-refractivity contribution in [1.82, 2.24) is 4.90 Å². The van der Waals surface area contributed by atoms with E-state index in [-0.39, 0.29) is 24.0 Å². The predicted octanol–water partition coefficient (Wildman–Crippen LogP) is 2.06. The first-order chi connectivity index (χ1) is 4.33. The van der Waals surface area contributed by atoms with Gasteiger partial charge < -0.3 is 4.90 Å². The Morgan fingerprint density at radius 1 is 1.60 bits per heavy atom. The molecule has 1 unspecified atom stereocenters. The van der Waals surface area contributed by atoms with Crippen LogP contribution in [0.25, 0.3) is 0 Å². The van der Waals surface area contributed by atoms with Crippen LogP contribution >= 0.6 is 35.7 Å². The van der Waals surface area contributed by atoms with E-state index in [1.165, 1.54) is 25.3 Å². The van der Waals surface area contributed by atoms with Gasteiger partial charge in [-0.25, -0.2) is 0 Å². The Hall–Kier alpha value is 1.04. The lowest BCUT2D eigenvalue weighted by Gasteiger charge is -2.07. The zero-order valence-electron chi connectivity index (χ0n) is 6.67. The van der Waals surface area contributed by atoms with Gasteiger partial charge in [0.1, 0.15) is 0 Å². The monoisotopic (exact) mass is 273 g/mol. The molecule has 1 nitrogen and oxygen atoms in total. The first kappa shape index (κ1) is 11.0. The molecule has 3 heteroatoms. The molecular weight excluding hydrogens is 257 g/mol. The smallest absolute Gasteiger partial charge is 0.0186 e. The van der Waals surface area contributed by atoms with Crippen LogP contribution in [0.2, 0.25) is 0 Å². The summed E-state index contributed by atoms with van der Waals surface area (Å²) in [6.07, 6.45) is 1.40. The van der Waals surface area contributed by atoms with E-state index in [1.54, 1.807) is 0 Å². The summed E-state index contributed by atoms with van der Waals surface area (Å²) in [6, 6.07) is 0. The summed E-state index contributed by atoms with van der Waals surface area (Å²) >= 11 is 2.10. The van der Waals surface area contributed by atoms with Crippen molar-refractivity contribution in [2.75, 3.05) is 25.9 Å². The Labute approximate surface area is 84.9 Å². The van der Waals surface area contributed by atoms with Crippen LogP contribution < -0.4 is 0 Å². The number of likely N-dealkylation sites (tertiary alicyclic amines) is 1. The van der Waals surface area contributed by atoms with Crippen molar-refractivity contribution in [1.29, 1.82) is 0 Å². The summed E-state index contributed by atoms with van der Waals surface area (Å²) in [5.74, 6) is 1.28. The molecule has 1 saturated heterocycles. The maximum absolute atomic E-state index is 2.41. The first-order valence-corrected chi connectivity index (χ1v) is 4.68. The van der Waals surface area contributed by atoms with E-state index in [9.17, 15) is 0 Å². The van der Waals surface area contributed by atoms with Gasteiger partial charge in [-0.05, 0) is 25.8 Å². The molecule has 0 bridgehead atoms. The van der Waals surface area contributed by atoms with Gasteiger partial charge in [0, 0.05) is 11.8 Å². The molecule has 0 radical (unpaired) electrons. The summed E-state index contributed by atoms with van der Waals surface area (Å²) in [5, 5.41) is 0.931. The van der Waals surface area contributed by atoms with E-state index >= 15 is 0 Å². The fraction of sp³-hybridized carbons (Fsp3) is 1.00. The molecule has 1 aliphatic heterocycles. The van der Waals surface area contributed by atoms with E-state index in [0.717, 1.165) is 5.25 Å². The maximum Gasteiger partial charge on any atom is 0.0186 e. The van der Waals surface area contributed by atoms with Gasteiger partial charge in [0.2, 0.25) is 0 Å². The standard InChI is InChI=1S/C7H15NS.HI/c1-3-9-7-4-5-8(2)6-7;/h7H,3-6H2,1-2H3;1H. The Kier molecular flexibility index (Phi) is 6.25. The Bertz CT molecular complexity index is 87.7. The number of rotatable bonds is 2. The van der Waals surface area contributed by atoms with Crippen molar-refractivity contribution in [3.8, 4) is 0 Å². The van der Waals surface area contributed by atoms with Crippen molar-refractivity contribution in [2.45, 2.75) is 18.6 Å². The molecule has 62 valence electrons. The summed E-state index contributed by atoms with van der Waals surface area (Å²) in [5.41, 5.74) is 0. The highest BCUT2D eigenvalue weighted by molar-refractivity contribution is 14.0. The molecule has 1 fully saturated rings. The quantitative estimate of drug-likeness (QED) is 0.708. The van der Waals surface area contributed by atoms with E-state index in [1.807, 2.05) is 0 Å². The normalized spacial score (nSPS) is 26.4. The summed E-state index contributed by atoms with van der Waals surface area (Å²) in [4.78, 5) is 2.41. The van der Waals surface area contributed by atoms with Crippen LogP contribution in [0, 0.1) is 0 Å². The van der Waals surface area contributed by atoms with Crippen LogP contribution in [0.1, 0.15) is 13.3 Å². The molecule has 10 heavy (non-hydrogen) atoms. The van der Waals surface area contributed by atoms with E-state index < -0.39 is 0 Å². The molecule has 0 spiro atoms. The van der Waals surface area contributed by atoms with Crippen LogP contribution in [0.15, 0.2) is 0 Å². The number of hydrogen-bond acceptors (Lipinski definition) is 2. The summed E-state index contributed by atoms with van der Waals surface area (Å²) in [6.45, 7) is 4.85. The third-order valence-electron chi connectivity index (χ3n) is 1.75. The number of thioether (sulfide) groups is 1. The minimum atomic E-state index is 0. The SMILES string of the molecule is CCSC1CCN(C)C1.I. The fourth-order valence-electron chi connectivity index (χ4n) is 1.27. The molecule has 0 saturated carbocycles. The van der Waals surface area contributed by atoms with Gasteiger partial charge in [-0.3, -0.25) is 0 Å². The minimum absolute atomic E-state index is 0. The van der Waals surface area contributed by atoms with Gasteiger partial charge in [-0.2, -0.15) is 11.8 Å². The Morgan fingerprint density at radius 3 is 2.70 bits per heavy atom. The lowest BCUT2D eigenvalue weighted by Crippen LogP contribution is -2.14. The van der Waals surface area contributed by atoms with Crippen LogP contribution in [-0.2, 0) is 0 Å². The van der Waals surface area contributed by atoms with Crippen molar-refractivity contribution in [2.24, 2.45) is 0 Å².